The predicted octanol–water partition coefficient (Wildman–Crippen LogP) is 3.08. The van der Waals surface area contributed by atoms with Gasteiger partial charge in [0.1, 0.15) is 6.04 Å². The lowest BCUT2D eigenvalue weighted by Gasteiger charge is -2.17. The fourth-order valence-electron chi connectivity index (χ4n) is 2.28. The first kappa shape index (κ1) is 17.9. The number of nitrogens with two attached hydrogens (primary N) is 1. The average Bonchev–Trinajstić information content (AvgIpc) is 2.59. The first-order chi connectivity index (χ1) is 11.6. The molecule has 126 valence electrons. The molecule has 0 spiro atoms. The van der Waals surface area contributed by atoms with Crippen molar-refractivity contribution in [3.8, 4) is 11.1 Å². The van der Waals surface area contributed by atoms with Crippen LogP contribution >= 0.6 is 11.8 Å². The minimum absolute atomic E-state index is 0.268. The molecule has 2 aromatic carbocycles. The number of primary amides is 1. The summed E-state index contributed by atoms with van der Waals surface area (Å²) in [6.07, 6.45) is 2.47. The summed E-state index contributed by atoms with van der Waals surface area (Å²) in [6, 6.07) is 16.2. The lowest BCUT2D eigenvalue weighted by molar-refractivity contribution is -0.117. The molecule has 0 aromatic heterocycles. The number of anilines is 1. The third kappa shape index (κ3) is 5.31. The number of carbonyl (C=O) groups is 2. The molecule has 0 saturated carbocycles. The number of hydrogen-bond donors (Lipinski definition) is 3. The molecule has 0 bridgehead atoms. The Morgan fingerprint density at radius 3 is 2.25 bits per heavy atom. The maximum Gasteiger partial charge on any atom is 0.312 e. The summed E-state index contributed by atoms with van der Waals surface area (Å²) in [5.41, 5.74) is 8.01. The summed E-state index contributed by atoms with van der Waals surface area (Å²) >= 11 is 1.61. The van der Waals surface area contributed by atoms with E-state index < -0.39 is 12.1 Å². The van der Waals surface area contributed by atoms with E-state index in [2.05, 4.69) is 10.6 Å². The molecule has 0 aliphatic heterocycles. The van der Waals surface area contributed by atoms with Crippen molar-refractivity contribution < 1.29 is 9.59 Å². The average molecular weight is 343 g/mol. The lowest BCUT2D eigenvalue weighted by Crippen LogP contribution is -2.46. The van der Waals surface area contributed by atoms with Crippen LogP contribution in [0.5, 0.6) is 0 Å². The molecule has 2 aromatic rings. The molecule has 3 amide bonds. The van der Waals surface area contributed by atoms with Crippen LogP contribution in [0.4, 0.5) is 10.5 Å². The summed E-state index contributed by atoms with van der Waals surface area (Å²) in [5.74, 6) is 0.487. The van der Waals surface area contributed by atoms with Gasteiger partial charge in [0.05, 0.1) is 0 Å². The van der Waals surface area contributed by atoms with Crippen LogP contribution in [-0.4, -0.2) is 30.0 Å². The fourth-order valence-corrected chi connectivity index (χ4v) is 2.75. The Hall–Kier alpha value is -2.47. The number of nitrogens with one attached hydrogen (secondary N) is 2. The number of benzene rings is 2. The third-order valence-corrected chi connectivity index (χ3v) is 4.15. The van der Waals surface area contributed by atoms with Gasteiger partial charge >= 0.3 is 6.03 Å². The quantitative estimate of drug-likeness (QED) is 0.722. The van der Waals surface area contributed by atoms with E-state index in [4.69, 9.17) is 5.73 Å². The zero-order valence-electron chi connectivity index (χ0n) is 13.5. The minimum Gasteiger partial charge on any atom is -0.352 e. The summed E-state index contributed by atoms with van der Waals surface area (Å²) < 4.78 is 0. The molecule has 5 nitrogen and oxygen atoms in total. The molecule has 6 heteroatoms. The normalized spacial score (nSPS) is 11.5. The summed E-state index contributed by atoms with van der Waals surface area (Å²) in [4.78, 5) is 23.4. The van der Waals surface area contributed by atoms with Gasteiger partial charge in [0, 0.05) is 5.69 Å². The Kier molecular flexibility index (Phi) is 6.69. The Morgan fingerprint density at radius 2 is 1.67 bits per heavy atom. The molecule has 1 unspecified atom stereocenters. The van der Waals surface area contributed by atoms with Gasteiger partial charge in [-0.05, 0) is 41.7 Å². The number of hydrogen-bond acceptors (Lipinski definition) is 3. The van der Waals surface area contributed by atoms with E-state index in [1.165, 1.54) is 0 Å². The van der Waals surface area contributed by atoms with Crippen molar-refractivity contribution in [3.05, 3.63) is 54.6 Å². The first-order valence-corrected chi connectivity index (χ1v) is 9.01. The van der Waals surface area contributed by atoms with E-state index in [0.717, 1.165) is 16.9 Å². The Labute approximate surface area is 146 Å². The van der Waals surface area contributed by atoms with Crippen molar-refractivity contribution in [2.24, 2.45) is 5.73 Å². The second-order valence-electron chi connectivity index (χ2n) is 5.28. The molecule has 0 aliphatic rings. The van der Waals surface area contributed by atoms with Crippen molar-refractivity contribution in [3.63, 3.8) is 0 Å². The molecule has 2 rings (SSSR count). The summed E-state index contributed by atoms with van der Waals surface area (Å²) in [7, 11) is 0. The van der Waals surface area contributed by atoms with Gasteiger partial charge in [0.2, 0.25) is 5.91 Å². The maximum absolute atomic E-state index is 12.3. The van der Waals surface area contributed by atoms with Crippen LogP contribution in [-0.2, 0) is 4.79 Å². The summed E-state index contributed by atoms with van der Waals surface area (Å²) in [6.45, 7) is 0. The largest absolute Gasteiger partial charge is 0.352 e. The zero-order valence-corrected chi connectivity index (χ0v) is 14.3. The van der Waals surface area contributed by atoms with Gasteiger partial charge in [-0.15, -0.1) is 0 Å². The van der Waals surface area contributed by atoms with Crippen LogP contribution in [0.25, 0.3) is 11.1 Å². The maximum atomic E-state index is 12.3. The van der Waals surface area contributed by atoms with Gasteiger partial charge < -0.3 is 16.4 Å². The van der Waals surface area contributed by atoms with Crippen molar-refractivity contribution >= 4 is 29.4 Å². The molecule has 1 atom stereocenters. The van der Waals surface area contributed by atoms with Gasteiger partial charge in [-0.1, -0.05) is 42.5 Å². The number of urea groups is 1. The van der Waals surface area contributed by atoms with E-state index in [-0.39, 0.29) is 5.91 Å². The third-order valence-electron chi connectivity index (χ3n) is 3.50. The van der Waals surface area contributed by atoms with E-state index in [0.29, 0.717) is 12.1 Å². The fraction of sp³-hybridized carbons (Fsp3) is 0.222. The van der Waals surface area contributed by atoms with Gasteiger partial charge in [-0.3, -0.25) is 4.79 Å². The van der Waals surface area contributed by atoms with Gasteiger partial charge in [-0.25, -0.2) is 4.79 Å². The monoisotopic (exact) mass is 343 g/mol. The molecule has 0 saturated heterocycles. The highest BCUT2D eigenvalue weighted by Gasteiger charge is 2.19. The lowest BCUT2D eigenvalue weighted by atomic mass is 10.1. The highest BCUT2D eigenvalue weighted by molar-refractivity contribution is 7.98. The van der Waals surface area contributed by atoms with Gasteiger partial charge in [0.15, 0.2) is 0 Å². The zero-order chi connectivity index (χ0) is 17.4. The van der Waals surface area contributed by atoms with Crippen LogP contribution in [0, 0.1) is 0 Å². The van der Waals surface area contributed by atoms with Crippen LogP contribution in [0.1, 0.15) is 6.42 Å². The highest BCUT2D eigenvalue weighted by Crippen LogP contribution is 2.21. The SMILES string of the molecule is CSCCC(NC(N)=O)C(=O)Nc1ccc(-c2ccccc2)cc1. The van der Waals surface area contributed by atoms with Crippen molar-refractivity contribution in [1.29, 1.82) is 0 Å². The first-order valence-electron chi connectivity index (χ1n) is 7.61. The number of thioether (sulfide) groups is 1. The number of amides is 3. The summed E-state index contributed by atoms with van der Waals surface area (Å²) in [5, 5.41) is 5.30. The van der Waals surface area contributed by atoms with Crippen molar-refractivity contribution in [1.82, 2.24) is 5.32 Å². The Balaban J connectivity index is 2.03. The van der Waals surface area contributed by atoms with Crippen LogP contribution in [0.15, 0.2) is 54.6 Å². The topological polar surface area (TPSA) is 84.2 Å². The highest BCUT2D eigenvalue weighted by atomic mass is 32.2. The molecule has 0 heterocycles. The number of rotatable bonds is 7. The second kappa shape index (κ2) is 8.98. The molecule has 0 fully saturated rings. The molecular formula is C18H21N3O2S. The standard InChI is InChI=1S/C18H21N3O2S/c1-24-12-11-16(21-18(19)23)17(22)20-15-9-7-14(8-10-15)13-5-3-2-4-6-13/h2-10,16H,11-12H2,1H3,(H,20,22)(H3,19,21,23). The Bertz CT molecular complexity index is 674. The van der Waals surface area contributed by atoms with Gasteiger partial charge in [-0.2, -0.15) is 11.8 Å². The molecular weight excluding hydrogens is 322 g/mol. The molecule has 0 aliphatic carbocycles. The van der Waals surface area contributed by atoms with E-state index in [1.807, 2.05) is 60.9 Å². The van der Waals surface area contributed by atoms with Crippen LogP contribution in [0.2, 0.25) is 0 Å². The van der Waals surface area contributed by atoms with Gasteiger partial charge in [0.25, 0.3) is 0 Å². The van der Waals surface area contributed by atoms with E-state index in [1.54, 1.807) is 11.8 Å². The molecule has 24 heavy (non-hydrogen) atoms. The van der Waals surface area contributed by atoms with Crippen LogP contribution in [0.3, 0.4) is 0 Å². The molecule has 0 radical (unpaired) electrons. The minimum atomic E-state index is -0.698. The van der Waals surface area contributed by atoms with E-state index >= 15 is 0 Å². The predicted molar refractivity (Wildman–Crippen MR) is 100 cm³/mol. The van der Waals surface area contributed by atoms with Crippen molar-refractivity contribution in [2.45, 2.75) is 12.5 Å². The van der Waals surface area contributed by atoms with Crippen molar-refractivity contribution in [2.75, 3.05) is 17.3 Å². The molecule has 4 N–H and O–H groups in total. The van der Waals surface area contributed by atoms with E-state index in [9.17, 15) is 9.59 Å². The Morgan fingerprint density at radius 1 is 1.04 bits per heavy atom. The smallest absolute Gasteiger partial charge is 0.312 e. The number of carbonyl (C=O) groups excluding carboxylic acids is 2. The second-order valence-corrected chi connectivity index (χ2v) is 6.26. The van der Waals surface area contributed by atoms with Crippen LogP contribution < -0.4 is 16.4 Å².